The van der Waals surface area contributed by atoms with Gasteiger partial charge in [0.1, 0.15) is 0 Å². The van der Waals surface area contributed by atoms with Gasteiger partial charge >= 0.3 is 5.97 Å². The van der Waals surface area contributed by atoms with Crippen LogP contribution in [-0.4, -0.2) is 24.3 Å². The first-order chi connectivity index (χ1) is 13.5. The molecule has 0 saturated heterocycles. The van der Waals surface area contributed by atoms with Crippen LogP contribution in [0.25, 0.3) is 4.85 Å². The first kappa shape index (κ1) is 19.3. The zero-order chi connectivity index (χ0) is 20.1. The molecule has 1 unspecified atom stereocenters. The summed E-state index contributed by atoms with van der Waals surface area (Å²) in [7, 11) is 0. The largest absolute Gasteiger partial charge is 0.466 e. The van der Waals surface area contributed by atoms with E-state index in [9.17, 15) is 14.4 Å². The quantitative estimate of drug-likeness (QED) is 0.627. The predicted octanol–water partition coefficient (Wildman–Crippen LogP) is 4.19. The predicted molar refractivity (Wildman–Crippen MR) is 104 cm³/mol. The number of carbonyl (C=O) groups excluding carboxylic acids is 3. The number of amides is 1. The lowest BCUT2D eigenvalue weighted by atomic mass is 9.81. The summed E-state index contributed by atoms with van der Waals surface area (Å²) >= 11 is 0. The van der Waals surface area contributed by atoms with Crippen molar-refractivity contribution in [2.45, 2.75) is 26.2 Å². The molecule has 1 amide bonds. The molecule has 6 heteroatoms. The summed E-state index contributed by atoms with van der Waals surface area (Å²) in [4.78, 5) is 40.0. The van der Waals surface area contributed by atoms with E-state index in [0.717, 1.165) is 5.56 Å². The summed E-state index contributed by atoms with van der Waals surface area (Å²) in [5.41, 5.74) is 3.00. The molecule has 3 rings (SSSR count). The highest BCUT2D eigenvalue weighted by molar-refractivity contribution is 6.05. The fraction of sp³-hybridized carbons (Fsp3) is 0.273. The fourth-order valence-corrected chi connectivity index (χ4v) is 3.31. The van der Waals surface area contributed by atoms with Gasteiger partial charge in [0.25, 0.3) is 5.91 Å². The minimum absolute atomic E-state index is 0.0538. The standard InChI is InChI=1S/C22H20N2O4/c1-3-28-20(25)13-16-5-4-15-12-18(10-11-19(15)21(16)26)24-22(27)14-6-8-17(23-2)9-7-14/h6-12,16H,3-5,13H2,1H3,(H,24,27). The molecule has 2 aromatic carbocycles. The number of anilines is 1. The zero-order valence-corrected chi connectivity index (χ0v) is 15.5. The molecular formula is C22H20N2O4. The van der Waals surface area contributed by atoms with E-state index in [1.807, 2.05) is 0 Å². The van der Waals surface area contributed by atoms with Crippen LogP contribution in [0, 0.1) is 12.5 Å². The summed E-state index contributed by atoms with van der Waals surface area (Å²) in [6, 6.07) is 11.6. The molecule has 6 nitrogen and oxygen atoms in total. The van der Waals surface area contributed by atoms with E-state index in [1.54, 1.807) is 49.4 Å². The second kappa shape index (κ2) is 8.49. The van der Waals surface area contributed by atoms with Gasteiger partial charge in [0.05, 0.1) is 19.6 Å². The minimum atomic E-state index is -0.354. The van der Waals surface area contributed by atoms with E-state index in [0.29, 0.717) is 42.0 Å². The second-order valence-electron chi connectivity index (χ2n) is 6.59. The van der Waals surface area contributed by atoms with Crippen LogP contribution < -0.4 is 5.32 Å². The van der Waals surface area contributed by atoms with Crippen molar-refractivity contribution in [1.82, 2.24) is 0 Å². The molecule has 0 bridgehead atoms. The van der Waals surface area contributed by atoms with E-state index >= 15 is 0 Å². The number of esters is 1. The van der Waals surface area contributed by atoms with E-state index in [1.165, 1.54) is 0 Å². The van der Waals surface area contributed by atoms with Gasteiger partial charge in [0.15, 0.2) is 11.5 Å². The van der Waals surface area contributed by atoms with Crippen molar-refractivity contribution in [3.8, 4) is 0 Å². The molecule has 0 aliphatic heterocycles. The Kier molecular flexibility index (Phi) is 5.85. The van der Waals surface area contributed by atoms with Crippen LogP contribution in [0.15, 0.2) is 42.5 Å². The van der Waals surface area contributed by atoms with Crippen molar-refractivity contribution in [2.75, 3.05) is 11.9 Å². The molecule has 1 aliphatic rings. The van der Waals surface area contributed by atoms with Crippen molar-refractivity contribution >= 4 is 29.0 Å². The Balaban J connectivity index is 1.70. The summed E-state index contributed by atoms with van der Waals surface area (Å²) < 4.78 is 4.95. The van der Waals surface area contributed by atoms with Crippen LogP contribution in [-0.2, 0) is 16.0 Å². The maximum atomic E-state index is 12.7. The Morgan fingerprint density at radius 1 is 1.21 bits per heavy atom. The number of nitrogens with zero attached hydrogens (tertiary/aromatic N) is 1. The Hall–Kier alpha value is -3.46. The number of carbonyl (C=O) groups is 3. The third-order valence-electron chi connectivity index (χ3n) is 4.74. The van der Waals surface area contributed by atoms with Crippen LogP contribution in [0.5, 0.6) is 0 Å². The Morgan fingerprint density at radius 2 is 1.96 bits per heavy atom. The summed E-state index contributed by atoms with van der Waals surface area (Å²) in [6.45, 7) is 9.00. The van der Waals surface area contributed by atoms with Crippen LogP contribution in [0.3, 0.4) is 0 Å². The topological polar surface area (TPSA) is 76.8 Å². The van der Waals surface area contributed by atoms with E-state index in [-0.39, 0.29) is 30.0 Å². The number of benzene rings is 2. The average molecular weight is 376 g/mol. The Bertz CT molecular complexity index is 957. The third kappa shape index (κ3) is 4.26. The van der Waals surface area contributed by atoms with Crippen LogP contribution >= 0.6 is 0 Å². The molecule has 0 spiro atoms. The smallest absolute Gasteiger partial charge is 0.306 e. The summed E-state index contributed by atoms with van der Waals surface area (Å²) in [5, 5.41) is 2.82. The van der Waals surface area contributed by atoms with Crippen molar-refractivity contribution in [3.05, 3.63) is 70.6 Å². The van der Waals surface area contributed by atoms with E-state index in [2.05, 4.69) is 10.2 Å². The lowest BCUT2D eigenvalue weighted by Gasteiger charge is -2.23. The normalized spacial score (nSPS) is 15.3. The van der Waals surface area contributed by atoms with Gasteiger partial charge in [-0.2, -0.15) is 0 Å². The first-order valence-electron chi connectivity index (χ1n) is 9.13. The van der Waals surface area contributed by atoms with Gasteiger partial charge in [0, 0.05) is 22.7 Å². The molecule has 0 radical (unpaired) electrons. The van der Waals surface area contributed by atoms with Crippen LogP contribution in [0.2, 0.25) is 0 Å². The van der Waals surface area contributed by atoms with Gasteiger partial charge in [0.2, 0.25) is 0 Å². The highest BCUT2D eigenvalue weighted by Gasteiger charge is 2.29. The molecule has 1 aliphatic carbocycles. The maximum absolute atomic E-state index is 12.7. The molecule has 1 N–H and O–H groups in total. The van der Waals surface area contributed by atoms with Crippen molar-refractivity contribution < 1.29 is 19.1 Å². The number of rotatable bonds is 5. The van der Waals surface area contributed by atoms with Gasteiger partial charge in [-0.05, 0) is 43.5 Å². The molecule has 0 saturated carbocycles. The zero-order valence-electron chi connectivity index (χ0n) is 15.5. The SMILES string of the molecule is [C-]#[N+]c1ccc(C(=O)Nc2ccc3c(c2)CCC(CC(=O)OCC)C3=O)cc1. The van der Waals surface area contributed by atoms with Gasteiger partial charge < -0.3 is 10.1 Å². The van der Waals surface area contributed by atoms with Gasteiger partial charge in [-0.3, -0.25) is 14.4 Å². The fourth-order valence-electron chi connectivity index (χ4n) is 3.31. The molecule has 0 fully saturated rings. The number of fused-ring (bicyclic) bond motifs is 1. The molecular weight excluding hydrogens is 356 g/mol. The van der Waals surface area contributed by atoms with Crippen molar-refractivity contribution in [1.29, 1.82) is 0 Å². The second-order valence-corrected chi connectivity index (χ2v) is 6.59. The number of ketones is 1. The number of Topliss-reactive ketones (excluding diaryl/α,β-unsaturated/α-hetero) is 1. The Labute approximate surface area is 163 Å². The summed E-state index contributed by atoms with van der Waals surface area (Å²) in [6.07, 6.45) is 1.35. The van der Waals surface area contributed by atoms with Gasteiger partial charge in [-0.15, -0.1) is 0 Å². The maximum Gasteiger partial charge on any atom is 0.306 e. The third-order valence-corrected chi connectivity index (χ3v) is 4.74. The molecule has 1 atom stereocenters. The molecule has 28 heavy (non-hydrogen) atoms. The molecule has 0 aromatic heterocycles. The highest BCUT2D eigenvalue weighted by atomic mass is 16.5. The highest BCUT2D eigenvalue weighted by Crippen LogP contribution is 2.30. The van der Waals surface area contributed by atoms with E-state index < -0.39 is 0 Å². The molecule has 2 aromatic rings. The number of ether oxygens (including phenoxy) is 1. The van der Waals surface area contributed by atoms with Crippen molar-refractivity contribution in [2.24, 2.45) is 5.92 Å². The number of nitrogens with one attached hydrogen (secondary N) is 1. The number of hydrogen-bond acceptors (Lipinski definition) is 4. The lowest BCUT2D eigenvalue weighted by molar-refractivity contribution is -0.144. The molecule has 0 heterocycles. The van der Waals surface area contributed by atoms with E-state index in [4.69, 9.17) is 11.3 Å². The Morgan fingerprint density at radius 3 is 2.64 bits per heavy atom. The number of aryl methyl sites for hydroxylation is 1. The van der Waals surface area contributed by atoms with Crippen LogP contribution in [0.1, 0.15) is 46.0 Å². The molecule has 142 valence electrons. The summed E-state index contributed by atoms with van der Waals surface area (Å²) in [5.74, 6) is -1.04. The monoisotopic (exact) mass is 376 g/mol. The first-order valence-corrected chi connectivity index (χ1v) is 9.13. The van der Waals surface area contributed by atoms with Gasteiger partial charge in [-0.1, -0.05) is 24.3 Å². The number of hydrogen-bond donors (Lipinski definition) is 1. The lowest BCUT2D eigenvalue weighted by Crippen LogP contribution is -2.26. The minimum Gasteiger partial charge on any atom is -0.466 e. The van der Waals surface area contributed by atoms with Crippen molar-refractivity contribution in [3.63, 3.8) is 0 Å². The average Bonchev–Trinajstić information content (AvgIpc) is 2.70. The van der Waals surface area contributed by atoms with Crippen LogP contribution in [0.4, 0.5) is 11.4 Å². The van der Waals surface area contributed by atoms with Gasteiger partial charge in [-0.25, -0.2) is 4.85 Å².